The minimum Gasteiger partial charge on any atom is -0.354 e. The molecule has 1 unspecified atom stereocenters. The van der Waals surface area contributed by atoms with Gasteiger partial charge in [-0.25, -0.2) is 13.4 Å². The Bertz CT molecular complexity index is 755. The molecule has 1 amide bonds. The average Bonchev–Trinajstić information content (AvgIpc) is 2.92. The van der Waals surface area contributed by atoms with Gasteiger partial charge in [0.1, 0.15) is 5.82 Å². The number of piperazine rings is 1. The van der Waals surface area contributed by atoms with Crippen LogP contribution in [0.1, 0.15) is 12.0 Å². The summed E-state index contributed by atoms with van der Waals surface area (Å²) in [5, 5.41) is 4.10. The second-order valence-electron chi connectivity index (χ2n) is 6.68. The lowest BCUT2D eigenvalue weighted by Gasteiger charge is -2.34. The zero-order valence-electron chi connectivity index (χ0n) is 14.4. The quantitative estimate of drug-likeness (QED) is 0.814. The number of aromatic nitrogens is 1. The summed E-state index contributed by atoms with van der Waals surface area (Å²) in [5.74, 6) is 0.579. The van der Waals surface area contributed by atoms with Gasteiger partial charge in [-0.1, -0.05) is 12.1 Å². The van der Waals surface area contributed by atoms with Crippen LogP contribution in [0.15, 0.2) is 29.8 Å². The van der Waals surface area contributed by atoms with Crippen LogP contribution in [0.4, 0.5) is 5.82 Å². The van der Waals surface area contributed by atoms with Crippen molar-refractivity contribution in [2.45, 2.75) is 13.0 Å². The summed E-state index contributed by atoms with van der Waals surface area (Å²) >= 11 is 0. The minimum absolute atomic E-state index is 0.0276. The van der Waals surface area contributed by atoms with Crippen molar-refractivity contribution >= 4 is 21.6 Å². The number of rotatable bonds is 5. The predicted octanol–water partition coefficient (Wildman–Crippen LogP) is 0.398. The molecule has 0 aliphatic carbocycles. The Kier molecular flexibility index (Phi) is 5.39. The summed E-state index contributed by atoms with van der Waals surface area (Å²) in [6.07, 6.45) is 3.57. The van der Waals surface area contributed by atoms with Crippen LogP contribution in [0.2, 0.25) is 0 Å². The Balaban J connectivity index is 1.56. The third-order valence-corrected chi connectivity index (χ3v) is 6.06. The van der Waals surface area contributed by atoms with E-state index in [0.29, 0.717) is 6.54 Å². The van der Waals surface area contributed by atoms with Crippen molar-refractivity contribution in [3.63, 3.8) is 0 Å². The van der Waals surface area contributed by atoms with Crippen molar-refractivity contribution in [3.8, 4) is 0 Å². The van der Waals surface area contributed by atoms with E-state index in [1.165, 1.54) is 5.41 Å². The standard InChI is InChI=1S/C17H24N4O3S/c1-20-6-8-21(9-7-20)17-15(3-2-5-18-17)12-19-16(22)11-14-4-10-25(23,24)13-14/h2-5,10,14H,6-9,11-13H2,1H3,(H,19,22). The smallest absolute Gasteiger partial charge is 0.220 e. The highest BCUT2D eigenvalue weighted by Crippen LogP contribution is 2.20. The summed E-state index contributed by atoms with van der Waals surface area (Å²) < 4.78 is 22.8. The number of nitrogens with zero attached hydrogens (tertiary/aromatic N) is 3. The van der Waals surface area contributed by atoms with Gasteiger partial charge in [0.05, 0.1) is 5.75 Å². The van der Waals surface area contributed by atoms with Crippen molar-refractivity contribution in [1.29, 1.82) is 0 Å². The van der Waals surface area contributed by atoms with Crippen LogP contribution in [0, 0.1) is 5.92 Å². The lowest BCUT2D eigenvalue weighted by molar-refractivity contribution is -0.121. The first kappa shape index (κ1) is 17.9. The molecule has 1 atom stereocenters. The van der Waals surface area contributed by atoms with Gasteiger partial charge in [-0.2, -0.15) is 0 Å². The number of carbonyl (C=O) groups excluding carboxylic acids is 1. The minimum atomic E-state index is -3.12. The molecule has 7 nitrogen and oxygen atoms in total. The van der Waals surface area contributed by atoms with Gasteiger partial charge in [-0.05, 0) is 13.1 Å². The van der Waals surface area contributed by atoms with Crippen LogP contribution in [0.5, 0.6) is 0 Å². The monoisotopic (exact) mass is 364 g/mol. The topological polar surface area (TPSA) is 82.6 Å². The van der Waals surface area contributed by atoms with Crippen molar-refractivity contribution < 1.29 is 13.2 Å². The van der Waals surface area contributed by atoms with Gasteiger partial charge in [-0.3, -0.25) is 4.79 Å². The fraction of sp³-hybridized carbons (Fsp3) is 0.529. The van der Waals surface area contributed by atoms with E-state index >= 15 is 0 Å². The van der Waals surface area contributed by atoms with Gasteiger partial charge in [0.15, 0.2) is 9.84 Å². The fourth-order valence-corrected chi connectivity index (χ4v) is 4.54. The third kappa shape index (κ3) is 4.79. The molecule has 3 rings (SSSR count). The first-order valence-electron chi connectivity index (χ1n) is 8.48. The van der Waals surface area contributed by atoms with E-state index in [0.717, 1.165) is 37.6 Å². The molecule has 0 saturated carbocycles. The van der Waals surface area contributed by atoms with E-state index in [9.17, 15) is 13.2 Å². The summed E-state index contributed by atoms with van der Waals surface area (Å²) in [6, 6.07) is 3.84. The van der Waals surface area contributed by atoms with Gasteiger partial charge in [-0.15, -0.1) is 0 Å². The molecule has 0 bridgehead atoms. The summed E-state index contributed by atoms with van der Waals surface area (Å²) in [6.45, 7) is 4.21. The van der Waals surface area contributed by atoms with Gasteiger partial charge in [0.25, 0.3) is 0 Å². The number of hydrogen-bond acceptors (Lipinski definition) is 6. The number of likely N-dealkylation sites (N-methyl/N-ethyl adjacent to an activating group) is 1. The fourth-order valence-electron chi connectivity index (χ4n) is 3.14. The van der Waals surface area contributed by atoms with Gasteiger partial charge in [0.2, 0.25) is 5.91 Å². The van der Waals surface area contributed by atoms with E-state index in [1.807, 2.05) is 12.1 Å². The number of sulfone groups is 1. The normalized spacial score (nSPS) is 22.9. The molecule has 0 radical (unpaired) electrons. The maximum absolute atomic E-state index is 12.1. The van der Waals surface area contributed by atoms with Crippen LogP contribution >= 0.6 is 0 Å². The number of amides is 1. The number of carbonyl (C=O) groups is 1. The molecule has 1 aromatic rings. The molecule has 1 saturated heterocycles. The molecule has 0 spiro atoms. The Hall–Kier alpha value is -1.93. The first-order valence-corrected chi connectivity index (χ1v) is 10.2. The molecular formula is C17H24N4O3S. The van der Waals surface area contributed by atoms with Gasteiger partial charge in [0, 0.05) is 62.2 Å². The molecule has 8 heteroatoms. The maximum Gasteiger partial charge on any atom is 0.220 e. The third-order valence-electron chi connectivity index (χ3n) is 4.60. The lowest BCUT2D eigenvalue weighted by Crippen LogP contribution is -2.45. The highest BCUT2D eigenvalue weighted by Gasteiger charge is 2.24. The van der Waals surface area contributed by atoms with E-state index in [2.05, 4.69) is 27.1 Å². The molecule has 1 aromatic heterocycles. The van der Waals surface area contributed by atoms with Gasteiger partial charge >= 0.3 is 0 Å². The Morgan fingerprint density at radius 1 is 1.32 bits per heavy atom. The Labute approximate surface area is 148 Å². The highest BCUT2D eigenvalue weighted by molar-refractivity contribution is 7.94. The second-order valence-corrected chi connectivity index (χ2v) is 8.61. The van der Waals surface area contributed by atoms with Crippen molar-refractivity contribution in [2.24, 2.45) is 5.92 Å². The lowest BCUT2D eigenvalue weighted by atomic mass is 10.1. The number of allylic oxidation sites excluding steroid dienone is 1. The predicted molar refractivity (Wildman–Crippen MR) is 96.8 cm³/mol. The second kappa shape index (κ2) is 7.53. The van der Waals surface area contributed by atoms with Crippen LogP contribution in [0.25, 0.3) is 0 Å². The van der Waals surface area contributed by atoms with Crippen LogP contribution in [0.3, 0.4) is 0 Å². The molecule has 0 aromatic carbocycles. The van der Waals surface area contributed by atoms with E-state index in [4.69, 9.17) is 0 Å². The molecule has 2 aliphatic heterocycles. The number of nitrogens with one attached hydrogen (secondary N) is 1. The Morgan fingerprint density at radius 3 is 2.76 bits per heavy atom. The summed E-state index contributed by atoms with van der Waals surface area (Å²) in [7, 11) is -1.01. The molecule has 3 heterocycles. The zero-order valence-corrected chi connectivity index (χ0v) is 15.2. The molecule has 1 fully saturated rings. The summed E-state index contributed by atoms with van der Waals surface area (Å²) in [5.41, 5.74) is 0.981. The Morgan fingerprint density at radius 2 is 2.08 bits per heavy atom. The molecular weight excluding hydrogens is 340 g/mol. The SMILES string of the molecule is CN1CCN(c2ncccc2CNC(=O)CC2C=CS(=O)(=O)C2)CC1. The van der Waals surface area contributed by atoms with Crippen molar-refractivity contribution in [1.82, 2.24) is 15.2 Å². The molecule has 2 aliphatic rings. The van der Waals surface area contributed by atoms with E-state index in [-0.39, 0.29) is 24.0 Å². The summed E-state index contributed by atoms with van der Waals surface area (Å²) in [4.78, 5) is 21.2. The van der Waals surface area contributed by atoms with Crippen LogP contribution < -0.4 is 10.2 Å². The molecule has 136 valence electrons. The average molecular weight is 364 g/mol. The number of pyridine rings is 1. The van der Waals surface area contributed by atoms with E-state index in [1.54, 1.807) is 12.3 Å². The first-order chi connectivity index (χ1) is 11.9. The molecule has 1 N–H and O–H groups in total. The largest absolute Gasteiger partial charge is 0.354 e. The van der Waals surface area contributed by atoms with Crippen molar-refractivity contribution in [2.75, 3.05) is 43.9 Å². The van der Waals surface area contributed by atoms with E-state index < -0.39 is 9.84 Å². The highest BCUT2D eigenvalue weighted by atomic mass is 32.2. The van der Waals surface area contributed by atoms with Gasteiger partial charge < -0.3 is 15.1 Å². The maximum atomic E-state index is 12.1. The van der Waals surface area contributed by atoms with Crippen molar-refractivity contribution in [3.05, 3.63) is 35.4 Å². The number of anilines is 1. The zero-order chi connectivity index (χ0) is 17.9. The van der Waals surface area contributed by atoms with Crippen LogP contribution in [-0.2, 0) is 21.2 Å². The molecule has 25 heavy (non-hydrogen) atoms. The number of hydrogen-bond donors (Lipinski definition) is 1. The van der Waals surface area contributed by atoms with Crippen LogP contribution in [-0.4, -0.2) is 63.2 Å².